The van der Waals surface area contributed by atoms with Crippen molar-refractivity contribution >= 4 is 29.4 Å². The Labute approximate surface area is 182 Å². The molecule has 0 radical (unpaired) electrons. The van der Waals surface area contributed by atoms with Crippen molar-refractivity contribution in [2.75, 3.05) is 10.7 Å². The molecule has 1 aromatic carbocycles. The minimum Gasteiger partial charge on any atom is -0.482 e. The van der Waals surface area contributed by atoms with E-state index in [1.54, 1.807) is 55.7 Å². The zero-order chi connectivity index (χ0) is 22.4. The summed E-state index contributed by atoms with van der Waals surface area (Å²) in [5, 5.41) is 20.2. The summed E-state index contributed by atoms with van der Waals surface area (Å²) >= 11 is 0. The molecule has 0 aliphatic carbocycles. The van der Waals surface area contributed by atoms with Crippen LogP contribution in [-0.4, -0.2) is 26.8 Å². The molecule has 1 unspecified atom stereocenters. The number of nitrogens with zero attached hydrogens (tertiary/aromatic N) is 7. The number of hydrogen-bond acceptors (Lipinski definition) is 8. The Bertz CT molecular complexity index is 1380. The summed E-state index contributed by atoms with van der Waals surface area (Å²) in [4.78, 5) is 8.95. The SMILES string of the molecule is CC1Oc2cc(cnc2N)-c2c(nn(C)c2C#N)N=C2C=CC=NN2c2ccc(F)cc21. The van der Waals surface area contributed by atoms with Gasteiger partial charge in [0.15, 0.2) is 23.2 Å². The number of ether oxygens (including phenoxy) is 1. The molecule has 0 spiro atoms. The van der Waals surface area contributed by atoms with Crippen molar-refractivity contribution in [2.45, 2.75) is 13.0 Å². The van der Waals surface area contributed by atoms with Crippen molar-refractivity contribution in [1.29, 1.82) is 5.26 Å². The van der Waals surface area contributed by atoms with Crippen LogP contribution in [0.5, 0.6) is 5.75 Å². The van der Waals surface area contributed by atoms with Gasteiger partial charge in [0.1, 0.15) is 23.7 Å². The number of aliphatic imine (C=N–C) groups is 1. The van der Waals surface area contributed by atoms with Crippen LogP contribution in [0, 0.1) is 17.1 Å². The number of rotatable bonds is 0. The summed E-state index contributed by atoms with van der Waals surface area (Å²) in [5.41, 5.74) is 8.57. The number of halogens is 1. The first-order chi connectivity index (χ1) is 15.5. The van der Waals surface area contributed by atoms with Gasteiger partial charge in [0.25, 0.3) is 0 Å². The van der Waals surface area contributed by atoms with Gasteiger partial charge < -0.3 is 10.5 Å². The standard InChI is InChI=1S/C22H17FN8O/c1-12-15-9-14(23)5-6-16(15)31-19(4-3-7-27-31)28-22-20(17(10-24)30(2)29-22)13-8-18(32-12)21(25)26-11-13/h3-9,11-12H,1-2H3,(H2,25,26). The average molecular weight is 428 g/mol. The number of hydrogen-bond donors (Lipinski definition) is 1. The Kier molecular flexibility index (Phi) is 4.44. The third-order valence-electron chi connectivity index (χ3n) is 5.22. The fourth-order valence-corrected chi connectivity index (χ4v) is 3.71. The lowest BCUT2D eigenvalue weighted by Crippen LogP contribution is -2.27. The number of amidine groups is 1. The van der Waals surface area contributed by atoms with Crippen LogP contribution in [0.2, 0.25) is 0 Å². The van der Waals surface area contributed by atoms with Gasteiger partial charge >= 0.3 is 0 Å². The number of aryl methyl sites for hydroxylation is 1. The first kappa shape index (κ1) is 19.4. The number of nitrogens with two attached hydrogens (primary N) is 1. The van der Waals surface area contributed by atoms with Crippen LogP contribution in [-0.2, 0) is 7.05 Å². The molecule has 0 fully saturated rings. The number of aromatic nitrogens is 3. The second-order valence-electron chi connectivity index (χ2n) is 7.26. The van der Waals surface area contributed by atoms with E-state index in [-0.39, 0.29) is 5.82 Å². The van der Waals surface area contributed by atoms with Crippen LogP contribution in [0.3, 0.4) is 0 Å². The first-order valence-corrected chi connectivity index (χ1v) is 9.75. The molecule has 0 saturated carbocycles. The number of benzene rings is 1. The van der Waals surface area contributed by atoms with E-state index in [9.17, 15) is 9.65 Å². The van der Waals surface area contributed by atoms with E-state index in [0.717, 1.165) is 0 Å². The highest BCUT2D eigenvalue weighted by Gasteiger charge is 2.26. The molecule has 2 bridgehead atoms. The second-order valence-corrected chi connectivity index (χ2v) is 7.26. The molecular weight excluding hydrogens is 411 g/mol. The maximum atomic E-state index is 14.2. The van der Waals surface area contributed by atoms with E-state index in [0.29, 0.717) is 45.5 Å². The Morgan fingerprint density at radius 1 is 1.28 bits per heavy atom. The smallest absolute Gasteiger partial charge is 0.185 e. The van der Waals surface area contributed by atoms with Crippen molar-refractivity contribution in [3.8, 4) is 22.9 Å². The molecule has 5 rings (SSSR count). The Morgan fingerprint density at radius 2 is 2.12 bits per heavy atom. The normalized spacial score (nSPS) is 16.5. The number of fused-ring (bicyclic) bond motifs is 7. The fraction of sp³-hybridized carbons (Fsp3) is 0.136. The third kappa shape index (κ3) is 3.07. The molecule has 2 aliphatic heterocycles. The van der Waals surface area contributed by atoms with Crippen molar-refractivity contribution in [3.05, 3.63) is 59.7 Å². The summed E-state index contributed by atoms with van der Waals surface area (Å²) in [7, 11) is 1.67. The minimum atomic E-state index is -0.592. The van der Waals surface area contributed by atoms with E-state index in [1.165, 1.54) is 16.8 Å². The quantitative estimate of drug-likeness (QED) is 0.584. The lowest BCUT2D eigenvalue weighted by Gasteiger charge is -2.26. The van der Waals surface area contributed by atoms with Gasteiger partial charge in [-0.15, -0.1) is 0 Å². The predicted octanol–water partition coefficient (Wildman–Crippen LogP) is 3.62. The lowest BCUT2D eigenvalue weighted by atomic mass is 10.1. The summed E-state index contributed by atoms with van der Waals surface area (Å²) in [6.07, 6.45) is 6.05. The van der Waals surface area contributed by atoms with Crippen molar-refractivity contribution in [2.24, 2.45) is 17.1 Å². The Morgan fingerprint density at radius 3 is 2.94 bits per heavy atom. The van der Waals surface area contributed by atoms with Gasteiger partial charge in [-0.25, -0.2) is 19.4 Å². The maximum Gasteiger partial charge on any atom is 0.185 e. The van der Waals surface area contributed by atoms with Crippen molar-refractivity contribution in [1.82, 2.24) is 14.8 Å². The topological polar surface area (TPSA) is 118 Å². The summed E-state index contributed by atoms with van der Waals surface area (Å²) < 4.78 is 21.8. The number of nitriles is 1. The molecule has 3 aromatic rings. The van der Waals surface area contributed by atoms with E-state index in [4.69, 9.17) is 15.5 Å². The number of hydrazone groups is 1. The van der Waals surface area contributed by atoms with Gasteiger partial charge in [0.2, 0.25) is 0 Å². The van der Waals surface area contributed by atoms with Crippen molar-refractivity contribution < 1.29 is 9.13 Å². The highest BCUT2D eigenvalue weighted by Crippen LogP contribution is 2.39. The van der Waals surface area contributed by atoms with E-state index >= 15 is 0 Å². The van der Waals surface area contributed by atoms with Crippen LogP contribution >= 0.6 is 0 Å². The maximum absolute atomic E-state index is 14.2. The van der Waals surface area contributed by atoms with Gasteiger partial charge in [0, 0.05) is 30.6 Å². The molecule has 32 heavy (non-hydrogen) atoms. The first-order valence-electron chi connectivity index (χ1n) is 9.75. The van der Waals surface area contributed by atoms with Gasteiger partial charge in [-0.05, 0) is 43.3 Å². The highest BCUT2D eigenvalue weighted by molar-refractivity contribution is 6.11. The second kappa shape index (κ2) is 7.31. The van der Waals surface area contributed by atoms with Gasteiger partial charge in [0.05, 0.1) is 11.3 Å². The van der Waals surface area contributed by atoms with E-state index < -0.39 is 11.9 Å². The predicted molar refractivity (Wildman–Crippen MR) is 118 cm³/mol. The zero-order valence-electron chi connectivity index (χ0n) is 17.2. The highest BCUT2D eigenvalue weighted by atomic mass is 19.1. The molecule has 0 saturated heterocycles. The molecule has 9 nitrogen and oxygen atoms in total. The Balaban J connectivity index is 1.85. The van der Waals surface area contributed by atoms with Crippen LogP contribution < -0.4 is 15.5 Å². The minimum absolute atomic E-state index is 0.169. The van der Waals surface area contributed by atoms with E-state index in [1.807, 2.05) is 0 Å². The van der Waals surface area contributed by atoms with Gasteiger partial charge in [-0.3, -0.25) is 4.68 Å². The number of pyridine rings is 1. The average Bonchev–Trinajstić information content (AvgIpc) is 3.09. The van der Waals surface area contributed by atoms with Gasteiger partial charge in [-0.1, -0.05) is 0 Å². The van der Waals surface area contributed by atoms with Crippen LogP contribution in [0.1, 0.15) is 24.3 Å². The molecule has 2 aromatic heterocycles. The third-order valence-corrected chi connectivity index (χ3v) is 5.22. The zero-order valence-corrected chi connectivity index (χ0v) is 17.2. The molecular formula is C22H17FN8O. The molecule has 4 heterocycles. The molecule has 158 valence electrons. The number of nitrogen functional groups attached to an aromatic ring is 1. The molecule has 10 heteroatoms. The molecule has 0 amide bonds. The van der Waals surface area contributed by atoms with Crippen LogP contribution in [0.15, 0.2) is 52.7 Å². The monoisotopic (exact) mass is 428 g/mol. The summed E-state index contributed by atoms with van der Waals surface area (Å²) in [6.45, 7) is 1.78. The lowest BCUT2D eigenvalue weighted by molar-refractivity contribution is 0.227. The van der Waals surface area contributed by atoms with E-state index in [2.05, 4.69) is 21.3 Å². The largest absolute Gasteiger partial charge is 0.482 e. The number of anilines is 2. The molecule has 1 atom stereocenters. The van der Waals surface area contributed by atoms with Crippen LogP contribution in [0.25, 0.3) is 11.1 Å². The fourth-order valence-electron chi connectivity index (χ4n) is 3.71. The van der Waals surface area contributed by atoms with Crippen LogP contribution in [0.4, 0.5) is 21.7 Å². The summed E-state index contributed by atoms with van der Waals surface area (Å²) in [5.74, 6) is 0.812. The Hall–Kier alpha value is -4.52. The summed E-state index contributed by atoms with van der Waals surface area (Å²) in [6, 6.07) is 8.21. The van der Waals surface area contributed by atoms with Crippen molar-refractivity contribution in [3.63, 3.8) is 0 Å². The molecule has 2 aliphatic rings. The molecule has 2 N–H and O–H groups in total. The number of allylic oxidation sites excluding steroid dienone is 1. The van der Waals surface area contributed by atoms with Gasteiger partial charge in [-0.2, -0.15) is 15.5 Å².